The molecule has 0 atom stereocenters. The Balaban J connectivity index is 1.65. The molecule has 0 aliphatic rings. The number of alkyl halides is 3. The fourth-order valence-electron chi connectivity index (χ4n) is 2.67. The largest absolute Gasteiger partial charge is 0.416 e. The molecule has 3 rings (SSSR count). The van der Waals surface area contributed by atoms with Gasteiger partial charge in [0.15, 0.2) is 5.82 Å². The normalized spacial score (nSPS) is 11.5. The quantitative estimate of drug-likeness (QED) is 0.661. The minimum atomic E-state index is -4.47. The SMILES string of the molecule is Cn1c(-c2ccc(F)cc2)nn(CCNC(=O)c2ccc(C(F)(F)F)cc2)c1=O. The van der Waals surface area contributed by atoms with Crippen LogP contribution in [0.1, 0.15) is 15.9 Å². The van der Waals surface area contributed by atoms with E-state index in [9.17, 15) is 27.2 Å². The van der Waals surface area contributed by atoms with Crippen LogP contribution in [0.5, 0.6) is 0 Å². The van der Waals surface area contributed by atoms with Crippen LogP contribution in [-0.4, -0.2) is 26.8 Å². The van der Waals surface area contributed by atoms with E-state index in [-0.39, 0.29) is 18.7 Å². The predicted octanol–water partition coefficient (Wildman–Crippen LogP) is 2.84. The number of nitrogens with one attached hydrogen (secondary N) is 1. The molecule has 0 radical (unpaired) electrons. The van der Waals surface area contributed by atoms with E-state index in [0.29, 0.717) is 11.4 Å². The summed E-state index contributed by atoms with van der Waals surface area (Å²) in [5, 5.41) is 6.72. The minimum Gasteiger partial charge on any atom is -0.350 e. The van der Waals surface area contributed by atoms with Crippen LogP contribution in [0.3, 0.4) is 0 Å². The first kappa shape index (κ1) is 20.3. The molecule has 0 saturated heterocycles. The Morgan fingerprint density at radius 2 is 1.69 bits per heavy atom. The molecule has 29 heavy (non-hydrogen) atoms. The Kier molecular flexibility index (Phi) is 5.53. The molecule has 10 heteroatoms. The maximum atomic E-state index is 13.1. The van der Waals surface area contributed by atoms with Gasteiger partial charge in [0.05, 0.1) is 12.1 Å². The molecule has 1 heterocycles. The van der Waals surface area contributed by atoms with Gasteiger partial charge < -0.3 is 5.32 Å². The molecule has 2 aromatic carbocycles. The smallest absolute Gasteiger partial charge is 0.350 e. The fourth-order valence-corrected chi connectivity index (χ4v) is 2.67. The summed E-state index contributed by atoms with van der Waals surface area (Å²) in [6.45, 7) is 0.0971. The summed E-state index contributed by atoms with van der Waals surface area (Å²) < 4.78 is 53.2. The Morgan fingerprint density at radius 1 is 1.07 bits per heavy atom. The van der Waals surface area contributed by atoms with Crippen LogP contribution >= 0.6 is 0 Å². The molecule has 0 fully saturated rings. The van der Waals surface area contributed by atoms with Crippen molar-refractivity contribution in [1.29, 1.82) is 0 Å². The molecule has 3 aromatic rings. The second kappa shape index (κ2) is 7.90. The molecule has 152 valence electrons. The van der Waals surface area contributed by atoms with Gasteiger partial charge in [-0.15, -0.1) is 5.10 Å². The molecule has 0 spiro atoms. The Bertz CT molecular complexity index is 1070. The average Bonchev–Trinajstić information content (AvgIpc) is 2.96. The van der Waals surface area contributed by atoms with Crippen LogP contribution < -0.4 is 11.0 Å². The molecule has 1 aromatic heterocycles. The highest BCUT2D eigenvalue weighted by atomic mass is 19.4. The molecular formula is C19H16F4N4O2. The van der Waals surface area contributed by atoms with E-state index >= 15 is 0 Å². The highest BCUT2D eigenvalue weighted by Crippen LogP contribution is 2.29. The summed E-state index contributed by atoms with van der Waals surface area (Å²) in [5.74, 6) is -0.644. The van der Waals surface area contributed by atoms with Crippen LogP contribution in [0.4, 0.5) is 17.6 Å². The van der Waals surface area contributed by atoms with Crippen molar-refractivity contribution in [3.63, 3.8) is 0 Å². The highest BCUT2D eigenvalue weighted by molar-refractivity contribution is 5.94. The molecule has 1 N–H and O–H groups in total. The van der Waals surface area contributed by atoms with E-state index in [1.54, 1.807) is 0 Å². The standard InChI is InChI=1S/C19H16F4N4O2/c1-26-16(12-4-8-15(20)9-5-12)25-27(18(26)29)11-10-24-17(28)13-2-6-14(7-3-13)19(21,22)23/h2-9H,10-11H2,1H3,(H,24,28). The lowest BCUT2D eigenvalue weighted by Gasteiger charge is -2.08. The summed E-state index contributed by atoms with van der Waals surface area (Å²) in [4.78, 5) is 24.3. The number of benzene rings is 2. The van der Waals surface area contributed by atoms with Gasteiger partial charge in [0.1, 0.15) is 5.82 Å². The molecule has 0 saturated carbocycles. The average molecular weight is 408 g/mol. The maximum absolute atomic E-state index is 13.1. The van der Waals surface area contributed by atoms with Crippen molar-refractivity contribution in [3.05, 3.63) is 76.0 Å². The van der Waals surface area contributed by atoms with Gasteiger partial charge in [0.25, 0.3) is 5.91 Å². The van der Waals surface area contributed by atoms with E-state index in [2.05, 4.69) is 10.4 Å². The summed E-state index contributed by atoms with van der Waals surface area (Å²) in [7, 11) is 1.52. The monoisotopic (exact) mass is 408 g/mol. The van der Waals surface area contributed by atoms with Crippen molar-refractivity contribution in [3.8, 4) is 11.4 Å². The van der Waals surface area contributed by atoms with E-state index in [0.717, 1.165) is 28.9 Å². The molecule has 6 nitrogen and oxygen atoms in total. The van der Waals surface area contributed by atoms with Crippen molar-refractivity contribution in [1.82, 2.24) is 19.7 Å². The first-order valence-electron chi connectivity index (χ1n) is 8.52. The third-order valence-corrected chi connectivity index (χ3v) is 4.23. The third kappa shape index (κ3) is 4.53. The fraction of sp³-hybridized carbons (Fsp3) is 0.211. The van der Waals surface area contributed by atoms with Crippen molar-refractivity contribution in [2.75, 3.05) is 6.54 Å². The summed E-state index contributed by atoms with van der Waals surface area (Å²) in [5.41, 5.74) is -0.646. The van der Waals surface area contributed by atoms with Gasteiger partial charge >= 0.3 is 11.9 Å². The zero-order valence-electron chi connectivity index (χ0n) is 15.2. The van der Waals surface area contributed by atoms with E-state index in [4.69, 9.17) is 0 Å². The lowest BCUT2D eigenvalue weighted by atomic mass is 10.1. The van der Waals surface area contributed by atoms with E-state index in [1.807, 2.05) is 0 Å². The second-order valence-electron chi connectivity index (χ2n) is 6.23. The summed E-state index contributed by atoms with van der Waals surface area (Å²) in [6, 6.07) is 9.31. The number of hydrogen-bond donors (Lipinski definition) is 1. The number of halogens is 4. The molecule has 1 amide bonds. The first-order chi connectivity index (χ1) is 13.7. The van der Waals surface area contributed by atoms with Gasteiger partial charge in [0.2, 0.25) is 0 Å². The number of aromatic nitrogens is 3. The number of carbonyl (C=O) groups excluding carboxylic acids is 1. The Labute approximate surface area is 162 Å². The number of hydrogen-bond acceptors (Lipinski definition) is 3. The Hall–Kier alpha value is -3.43. The summed E-state index contributed by atoms with van der Waals surface area (Å²) in [6.07, 6.45) is -4.47. The highest BCUT2D eigenvalue weighted by Gasteiger charge is 2.30. The van der Waals surface area contributed by atoms with Gasteiger partial charge in [-0.1, -0.05) is 0 Å². The van der Waals surface area contributed by atoms with Gasteiger partial charge in [-0.05, 0) is 48.5 Å². The topological polar surface area (TPSA) is 68.9 Å². The van der Waals surface area contributed by atoms with Crippen LogP contribution in [0.2, 0.25) is 0 Å². The molecule has 0 aliphatic carbocycles. The number of nitrogens with zero attached hydrogens (tertiary/aromatic N) is 3. The van der Waals surface area contributed by atoms with Crippen LogP contribution in [-0.2, 0) is 19.8 Å². The van der Waals surface area contributed by atoms with Gasteiger partial charge in [-0.2, -0.15) is 13.2 Å². The van der Waals surface area contributed by atoms with Crippen molar-refractivity contribution in [2.24, 2.45) is 7.05 Å². The zero-order chi connectivity index (χ0) is 21.2. The molecular weight excluding hydrogens is 392 g/mol. The second-order valence-corrected chi connectivity index (χ2v) is 6.23. The van der Waals surface area contributed by atoms with Gasteiger partial charge in [-0.3, -0.25) is 9.36 Å². The van der Waals surface area contributed by atoms with Gasteiger partial charge in [-0.25, -0.2) is 13.9 Å². The summed E-state index contributed by atoms with van der Waals surface area (Å²) >= 11 is 0. The predicted molar refractivity (Wildman–Crippen MR) is 96.6 cm³/mol. The molecule has 0 aliphatic heterocycles. The number of carbonyl (C=O) groups is 1. The number of amides is 1. The van der Waals surface area contributed by atoms with Crippen LogP contribution in [0.25, 0.3) is 11.4 Å². The van der Waals surface area contributed by atoms with Crippen LogP contribution in [0.15, 0.2) is 53.3 Å². The van der Waals surface area contributed by atoms with E-state index in [1.165, 1.54) is 35.9 Å². The van der Waals surface area contributed by atoms with Crippen molar-refractivity contribution in [2.45, 2.75) is 12.7 Å². The lowest BCUT2D eigenvalue weighted by molar-refractivity contribution is -0.137. The van der Waals surface area contributed by atoms with Crippen molar-refractivity contribution < 1.29 is 22.4 Å². The lowest BCUT2D eigenvalue weighted by Crippen LogP contribution is -2.31. The number of rotatable bonds is 5. The minimum absolute atomic E-state index is 0.0413. The first-order valence-corrected chi connectivity index (χ1v) is 8.52. The zero-order valence-corrected chi connectivity index (χ0v) is 15.2. The maximum Gasteiger partial charge on any atom is 0.416 e. The van der Waals surface area contributed by atoms with E-state index < -0.39 is 29.2 Å². The third-order valence-electron chi connectivity index (χ3n) is 4.23. The molecule has 0 bridgehead atoms. The van der Waals surface area contributed by atoms with Crippen LogP contribution in [0, 0.1) is 5.82 Å². The van der Waals surface area contributed by atoms with Gasteiger partial charge in [0, 0.05) is 24.7 Å². The van der Waals surface area contributed by atoms with Crippen molar-refractivity contribution >= 4 is 5.91 Å². The molecule has 0 unspecified atom stereocenters. The Morgan fingerprint density at radius 3 is 2.28 bits per heavy atom.